The first-order valence-electron chi connectivity index (χ1n) is 11.3. The minimum Gasteiger partial charge on any atom is -0.492 e. The quantitative estimate of drug-likeness (QED) is 0.156. The lowest BCUT2D eigenvalue weighted by Crippen LogP contribution is -2.43. The molecule has 0 radical (unpaired) electrons. The van der Waals surface area contributed by atoms with E-state index in [1.807, 2.05) is 38.4 Å². The molecule has 2 aliphatic carbocycles. The molecule has 2 fully saturated rings. The van der Waals surface area contributed by atoms with Gasteiger partial charge in [-0.3, -0.25) is 19.5 Å². The van der Waals surface area contributed by atoms with E-state index in [2.05, 4.69) is 32.7 Å². The van der Waals surface area contributed by atoms with Gasteiger partial charge in [-0.2, -0.15) is 0 Å². The molecule has 0 spiro atoms. The van der Waals surface area contributed by atoms with Crippen LogP contribution >= 0.6 is 24.0 Å². The molecule has 1 aromatic carbocycles. The molecule has 1 saturated heterocycles. The molecule has 1 aromatic rings. The van der Waals surface area contributed by atoms with Crippen molar-refractivity contribution in [3.63, 3.8) is 0 Å². The van der Waals surface area contributed by atoms with Crippen molar-refractivity contribution in [3.05, 3.63) is 42.0 Å². The van der Waals surface area contributed by atoms with Crippen molar-refractivity contribution < 1.29 is 14.3 Å². The molecule has 1 aliphatic heterocycles. The molecule has 4 atom stereocenters. The Kier molecular flexibility index (Phi) is 8.75. The molecule has 1 heterocycles. The fourth-order valence-electron chi connectivity index (χ4n) is 4.97. The monoisotopic (exact) mass is 567 g/mol. The van der Waals surface area contributed by atoms with Gasteiger partial charge in [-0.1, -0.05) is 24.3 Å². The molecule has 0 aromatic heterocycles. The van der Waals surface area contributed by atoms with Gasteiger partial charge in [0.05, 0.1) is 11.8 Å². The predicted molar refractivity (Wildman–Crippen MR) is 139 cm³/mol. The molecule has 180 valence electrons. The average Bonchev–Trinajstić information content (AvgIpc) is 3.45. The highest BCUT2D eigenvalue weighted by Crippen LogP contribution is 2.52. The van der Waals surface area contributed by atoms with Crippen LogP contribution in [0.3, 0.4) is 0 Å². The van der Waals surface area contributed by atoms with Gasteiger partial charge in [0.25, 0.3) is 0 Å². The minimum absolute atomic E-state index is 0. The second-order valence-electron chi connectivity index (χ2n) is 8.98. The second kappa shape index (κ2) is 11.3. The first-order chi connectivity index (χ1) is 15.5. The van der Waals surface area contributed by atoms with E-state index in [0.29, 0.717) is 32.2 Å². The van der Waals surface area contributed by atoms with E-state index in [4.69, 9.17) is 4.74 Å². The van der Waals surface area contributed by atoms with Crippen LogP contribution in [0.5, 0.6) is 5.75 Å². The normalized spacial score (nSPS) is 25.5. The van der Waals surface area contributed by atoms with Crippen LogP contribution in [0.15, 0.2) is 41.4 Å². The van der Waals surface area contributed by atoms with Crippen molar-refractivity contribution in [1.29, 1.82) is 0 Å². The summed E-state index contributed by atoms with van der Waals surface area (Å²) in [4.78, 5) is 33.3. The number of ether oxygens (including phenoxy) is 1. The third kappa shape index (κ3) is 5.68. The van der Waals surface area contributed by atoms with Crippen LogP contribution in [0.25, 0.3) is 0 Å². The fraction of sp³-hybridized carbons (Fsp3) is 0.542. The van der Waals surface area contributed by atoms with E-state index < -0.39 is 0 Å². The number of imide groups is 1. The summed E-state index contributed by atoms with van der Waals surface area (Å²) >= 11 is 0. The molecule has 9 heteroatoms. The maximum absolute atomic E-state index is 12.8. The molecule has 3 aliphatic rings. The van der Waals surface area contributed by atoms with Crippen molar-refractivity contribution in [3.8, 4) is 5.75 Å². The Bertz CT molecular complexity index is 889. The summed E-state index contributed by atoms with van der Waals surface area (Å²) in [5.41, 5.74) is 1.08. The van der Waals surface area contributed by atoms with E-state index in [1.165, 1.54) is 4.90 Å². The average molecular weight is 567 g/mol. The molecule has 33 heavy (non-hydrogen) atoms. The van der Waals surface area contributed by atoms with Crippen LogP contribution in [0.2, 0.25) is 0 Å². The Hall–Kier alpha value is -2.14. The van der Waals surface area contributed by atoms with Gasteiger partial charge in [-0.05, 0) is 50.0 Å². The Morgan fingerprint density at radius 2 is 1.85 bits per heavy atom. The van der Waals surface area contributed by atoms with Crippen LogP contribution < -0.4 is 15.4 Å². The number of likely N-dealkylation sites (tertiary alicyclic amines) is 1. The maximum Gasteiger partial charge on any atom is 0.233 e. The highest BCUT2D eigenvalue weighted by Gasteiger charge is 2.58. The number of aliphatic imine (C=N–C) groups is 1. The first-order valence-corrected chi connectivity index (χ1v) is 11.3. The Morgan fingerprint density at radius 3 is 2.48 bits per heavy atom. The lowest BCUT2D eigenvalue weighted by Gasteiger charge is -2.18. The Morgan fingerprint density at radius 1 is 1.15 bits per heavy atom. The first kappa shape index (κ1) is 25.5. The lowest BCUT2D eigenvalue weighted by atomic mass is 9.85. The summed E-state index contributed by atoms with van der Waals surface area (Å²) in [6, 6.07) is 7.97. The molecule has 4 unspecified atom stereocenters. The van der Waals surface area contributed by atoms with Gasteiger partial charge in [0.15, 0.2) is 5.96 Å². The SMILES string of the molecule is CN=C(NCCN1C(=O)C2C3C=CC(C3)C2C1=O)NCc1cccc(OCCN(C)C)c1.I. The summed E-state index contributed by atoms with van der Waals surface area (Å²) in [5.74, 6) is 1.68. The Labute approximate surface area is 212 Å². The number of nitrogens with zero attached hydrogens (tertiary/aromatic N) is 3. The number of likely N-dealkylation sites (N-methyl/N-ethyl adjacent to an activating group) is 1. The number of hydrogen-bond acceptors (Lipinski definition) is 5. The number of guanidine groups is 1. The lowest BCUT2D eigenvalue weighted by molar-refractivity contribution is -0.140. The van der Waals surface area contributed by atoms with Crippen LogP contribution in [-0.2, 0) is 16.1 Å². The molecule has 8 nitrogen and oxygen atoms in total. The van der Waals surface area contributed by atoms with Gasteiger partial charge in [0.2, 0.25) is 11.8 Å². The molecule has 2 bridgehead atoms. The van der Waals surface area contributed by atoms with E-state index >= 15 is 0 Å². The smallest absolute Gasteiger partial charge is 0.233 e. The maximum atomic E-state index is 12.8. The van der Waals surface area contributed by atoms with Crippen LogP contribution in [0.1, 0.15) is 12.0 Å². The van der Waals surface area contributed by atoms with Crippen molar-refractivity contribution in [2.45, 2.75) is 13.0 Å². The van der Waals surface area contributed by atoms with Gasteiger partial charge in [-0.25, -0.2) is 0 Å². The number of rotatable bonds is 9. The third-order valence-corrected chi connectivity index (χ3v) is 6.58. The summed E-state index contributed by atoms with van der Waals surface area (Å²) in [7, 11) is 5.74. The number of allylic oxidation sites excluding steroid dienone is 2. The van der Waals surface area contributed by atoms with Gasteiger partial charge in [-0.15, -0.1) is 24.0 Å². The van der Waals surface area contributed by atoms with Crippen molar-refractivity contribution in [2.75, 3.05) is 47.4 Å². The number of carbonyl (C=O) groups excluding carboxylic acids is 2. The van der Waals surface area contributed by atoms with E-state index in [0.717, 1.165) is 24.3 Å². The summed E-state index contributed by atoms with van der Waals surface area (Å²) in [6.45, 7) is 2.92. The largest absolute Gasteiger partial charge is 0.492 e. The molecule has 2 amide bonds. The van der Waals surface area contributed by atoms with E-state index in [1.54, 1.807) is 7.05 Å². The van der Waals surface area contributed by atoms with Gasteiger partial charge >= 0.3 is 0 Å². The number of halogens is 1. The van der Waals surface area contributed by atoms with Crippen LogP contribution in [0, 0.1) is 23.7 Å². The Balaban J connectivity index is 0.00000306. The van der Waals surface area contributed by atoms with Gasteiger partial charge in [0.1, 0.15) is 12.4 Å². The third-order valence-electron chi connectivity index (χ3n) is 6.58. The van der Waals surface area contributed by atoms with Gasteiger partial charge < -0.3 is 20.3 Å². The number of carbonyl (C=O) groups is 2. The molecule has 1 saturated carbocycles. The summed E-state index contributed by atoms with van der Waals surface area (Å²) in [6.07, 6.45) is 5.19. The number of nitrogens with one attached hydrogen (secondary N) is 2. The number of hydrogen-bond donors (Lipinski definition) is 2. The number of amides is 2. The second-order valence-corrected chi connectivity index (χ2v) is 8.98. The van der Waals surface area contributed by atoms with Crippen molar-refractivity contribution >= 4 is 41.8 Å². The molecular formula is C24H34IN5O3. The molecule has 2 N–H and O–H groups in total. The predicted octanol–water partition coefficient (Wildman–Crippen LogP) is 1.72. The van der Waals surface area contributed by atoms with E-state index in [-0.39, 0.29) is 59.5 Å². The molecular weight excluding hydrogens is 533 g/mol. The van der Waals surface area contributed by atoms with Crippen molar-refractivity contribution in [2.24, 2.45) is 28.7 Å². The van der Waals surface area contributed by atoms with Crippen molar-refractivity contribution in [1.82, 2.24) is 20.4 Å². The fourth-order valence-corrected chi connectivity index (χ4v) is 4.97. The summed E-state index contributed by atoms with van der Waals surface area (Å²) < 4.78 is 5.79. The highest BCUT2D eigenvalue weighted by atomic mass is 127. The zero-order valence-electron chi connectivity index (χ0n) is 19.5. The highest BCUT2D eigenvalue weighted by molar-refractivity contribution is 14.0. The zero-order valence-corrected chi connectivity index (χ0v) is 21.8. The minimum atomic E-state index is -0.137. The van der Waals surface area contributed by atoms with Crippen LogP contribution in [0.4, 0.5) is 0 Å². The number of fused-ring (bicyclic) bond motifs is 5. The molecule has 4 rings (SSSR count). The number of benzene rings is 1. The van der Waals surface area contributed by atoms with Gasteiger partial charge in [0, 0.05) is 33.2 Å². The zero-order chi connectivity index (χ0) is 22.7. The summed E-state index contributed by atoms with van der Waals surface area (Å²) in [5, 5.41) is 6.49. The standard InChI is InChI=1S/C24H33N5O3.HI/c1-25-24(27-15-16-5-4-6-19(13-16)32-12-11-28(2)3)26-9-10-29-22(30)20-17-7-8-18(14-17)21(20)23(29)31;/h4-8,13,17-18,20-21H,9-12,14-15H2,1-3H3,(H2,25,26,27);1H. The van der Waals surface area contributed by atoms with Crippen LogP contribution in [-0.4, -0.2) is 75.0 Å². The van der Waals surface area contributed by atoms with E-state index in [9.17, 15) is 9.59 Å². The topological polar surface area (TPSA) is 86.3 Å².